The van der Waals surface area contributed by atoms with Crippen LogP contribution < -0.4 is 15.4 Å². The van der Waals surface area contributed by atoms with Gasteiger partial charge in [0.1, 0.15) is 0 Å². The predicted octanol–water partition coefficient (Wildman–Crippen LogP) is 3.89. The molecule has 1 aliphatic rings. The number of fused-ring (bicyclic) bond motifs is 1. The van der Waals surface area contributed by atoms with Crippen LogP contribution in [0.2, 0.25) is 0 Å². The third-order valence-corrected chi connectivity index (χ3v) is 6.53. The molecular formula is C22H28N6OS2. The zero-order valence-corrected chi connectivity index (χ0v) is 19.3. The summed E-state index contributed by atoms with van der Waals surface area (Å²) in [6.45, 7) is 3.36. The molecule has 1 fully saturated rings. The molecule has 9 heteroatoms. The molecular weight excluding hydrogens is 428 g/mol. The summed E-state index contributed by atoms with van der Waals surface area (Å²) in [6, 6.07) is 15.7. The molecule has 0 saturated carbocycles. The third kappa shape index (κ3) is 5.48. The van der Waals surface area contributed by atoms with Crippen LogP contribution in [0.5, 0.6) is 0 Å². The van der Waals surface area contributed by atoms with Crippen molar-refractivity contribution in [3.63, 3.8) is 0 Å². The zero-order chi connectivity index (χ0) is 21.6. The molecule has 1 saturated heterocycles. The lowest BCUT2D eigenvalue weighted by Crippen LogP contribution is -2.45. The minimum atomic E-state index is -0.227. The maximum Gasteiger partial charge on any atom is 0.320 e. The number of nitrogens with one attached hydrogen (secondary N) is 2. The second-order valence-electron chi connectivity index (χ2n) is 7.50. The first-order valence-corrected chi connectivity index (χ1v) is 11.9. The highest BCUT2D eigenvalue weighted by molar-refractivity contribution is 7.80. The molecule has 0 bridgehead atoms. The smallest absolute Gasteiger partial charge is 0.320 e. The minimum Gasteiger partial charge on any atom is -0.324 e. The Balaban J connectivity index is 1.46. The van der Waals surface area contributed by atoms with Crippen molar-refractivity contribution in [2.24, 2.45) is 4.99 Å². The number of carbonyl (C=O) groups excluding carboxylic acids is 1. The van der Waals surface area contributed by atoms with Gasteiger partial charge in [-0.3, -0.25) is 0 Å². The topological polar surface area (TPSA) is 64.9 Å². The molecule has 2 N–H and O–H groups in total. The summed E-state index contributed by atoms with van der Waals surface area (Å²) in [5.74, 6) is 0.738. The molecule has 31 heavy (non-hydrogen) atoms. The fourth-order valence-corrected chi connectivity index (χ4v) is 4.97. The third-order valence-electron chi connectivity index (χ3n) is 5.27. The summed E-state index contributed by atoms with van der Waals surface area (Å²) >= 11 is 6.06. The number of hydrazine groups is 1. The van der Waals surface area contributed by atoms with Gasteiger partial charge in [0.15, 0.2) is 4.80 Å². The molecule has 1 aromatic heterocycles. The van der Waals surface area contributed by atoms with E-state index in [1.165, 1.54) is 17.5 Å². The second-order valence-corrected chi connectivity index (χ2v) is 8.95. The van der Waals surface area contributed by atoms with E-state index in [0.717, 1.165) is 41.4 Å². The Morgan fingerprint density at radius 1 is 1.19 bits per heavy atom. The standard InChI is InChI=1S/C22H28N6OS2/c1-26(27-11-4-5-12-27)16-23-21(29)24-17-7-6-8-18(15-17)25-22-28(13-14-30)19-9-2-3-10-20(19)31-22/h2-3,6-10,15,30H,4-5,11-14,16H2,1H3,(H2,23,24,29). The Hall–Kier alpha value is -2.33. The maximum absolute atomic E-state index is 12.3. The van der Waals surface area contributed by atoms with Gasteiger partial charge < -0.3 is 15.2 Å². The van der Waals surface area contributed by atoms with Gasteiger partial charge in [-0.1, -0.05) is 29.5 Å². The van der Waals surface area contributed by atoms with Crippen molar-refractivity contribution in [1.29, 1.82) is 0 Å². The number of aryl methyl sites for hydroxylation is 1. The van der Waals surface area contributed by atoms with Crippen molar-refractivity contribution in [3.05, 3.63) is 53.3 Å². The minimum absolute atomic E-state index is 0.227. The zero-order valence-electron chi connectivity index (χ0n) is 17.6. The number of aromatic nitrogens is 1. The van der Waals surface area contributed by atoms with E-state index in [0.29, 0.717) is 12.4 Å². The molecule has 164 valence electrons. The summed E-state index contributed by atoms with van der Waals surface area (Å²) in [5, 5.41) is 10.1. The Labute approximate surface area is 191 Å². The van der Waals surface area contributed by atoms with Crippen LogP contribution in [0.3, 0.4) is 0 Å². The number of nitrogens with zero attached hydrogens (tertiary/aromatic N) is 4. The van der Waals surface area contributed by atoms with E-state index in [2.05, 4.69) is 50.0 Å². The van der Waals surface area contributed by atoms with Gasteiger partial charge in [0.05, 0.1) is 22.6 Å². The first-order valence-electron chi connectivity index (χ1n) is 10.5. The lowest BCUT2D eigenvalue weighted by molar-refractivity contribution is 0.0204. The molecule has 2 aromatic carbocycles. The van der Waals surface area contributed by atoms with E-state index in [1.54, 1.807) is 11.3 Å². The van der Waals surface area contributed by atoms with E-state index in [1.807, 2.05) is 43.4 Å². The van der Waals surface area contributed by atoms with E-state index < -0.39 is 0 Å². The monoisotopic (exact) mass is 456 g/mol. The summed E-state index contributed by atoms with van der Waals surface area (Å²) in [6.07, 6.45) is 2.42. The molecule has 2 heterocycles. The molecule has 3 aromatic rings. The quantitative estimate of drug-likeness (QED) is 0.373. The molecule has 2 amide bonds. The van der Waals surface area contributed by atoms with Crippen molar-refractivity contribution >= 4 is 51.6 Å². The van der Waals surface area contributed by atoms with E-state index in [4.69, 9.17) is 4.99 Å². The van der Waals surface area contributed by atoms with Gasteiger partial charge in [-0.2, -0.15) is 12.6 Å². The molecule has 7 nitrogen and oxygen atoms in total. The second kappa shape index (κ2) is 10.3. The lowest BCUT2D eigenvalue weighted by Gasteiger charge is -2.27. The fraction of sp³-hybridized carbons (Fsp3) is 0.364. The van der Waals surface area contributed by atoms with Gasteiger partial charge in [0, 0.05) is 38.1 Å². The molecule has 0 unspecified atom stereocenters. The van der Waals surface area contributed by atoms with Gasteiger partial charge in [0.25, 0.3) is 0 Å². The van der Waals surface area contributed by atoms with Crippen molar-refractivity contribution in [2.75, 3.05) is 37.9 Å². The molecule has 0 spiro atoms. The van der Waals surface area contributed by atoms with Gasteiger partial charge in [0.2, 0.25) is 0 Å². The van der Waals surface area contributed by atoms with Crippen molar-refractivity contribution < 1.29 is 4.79 Å². The number of hydrogen-bond acceptors (Lipinski definition) is 6. The fourth-order valence-electron chi connectivity index (χ4n) is 3.69. The van der Waals surface area contributed by atoms with E-state index in [9.17, 15) is 4.79 Å². The number of amides is 2. The number of urea groups is 1. The maximum atomic E-state index is 12.3. The highest BCUT2D eigenvalue weighted by Crippen LogP contribution is 2.21. The average Bonchev–Trinajstić information content (AvgIpc) is 3.42. The van der Waals surface area contributed by atoms with Crippen LogP contribution >= 0.6 is 24.0 Å². The van der Waals surface area contributed by atoms with Gasteiger partial charge >= 0.3 is 6.03 Å². The van der Waals surface area contributed by atoms with Crippen LogP contribution in [0, 0.1) is 0 Å². The SMILES string of the molecule is CN(CNC(=O)Nc1cccc(N=c2sc3ccccc3n2CCS)c1)N1CCCC1. The average molecular weight is 457 g/mol. The number of hydrogen-bond donors (Lipinski definition) is 3. The van der Waals surface area contributed by atoms with Crippen LogP contribution in [-0.4, -0.2) is 53.2 Å². The Morgan fingerprint density at radius 2 is 2.00 bits per heavy atom. The molecule has 4 rings (SSSR count). The number of thiol groups is 1. The molecule has 0 radical (unpaired) electrons. The summed E-state index contributed by atoms with van der Waals surface area (Å²) in [5.41, 5.74) is 2.67. The molecule has 1 aliphatic heterocycles. The van der Waals surface area contributed by atoms with Crippen LogP contribution in [0.1, 0.15) is 12.8 Å². The molecule has 0 aliphatic carbocycles. The van der Waals surface area contributed by atoms with E-state index >= 15 is 0 Å². The van der Waals surface area contributed by atoms with Gasteiger partial charge in [-0.05, 0) is 43.2 Å². The largest absolute Gasteiger partial charge is 0.324 e. The van der Waals surface area contributed by atoms with Gasteiger partial charge in [-0.15, -0.1) is 0 Å². The summed E-state index contributed by atoms with van der Waals surface area (Å²) < 4.78 is 3.38. The Morgan fingerprint density at radius 3 is 2.81 bits per heavy atom. The number of rotatable bonds is 7. The van der Waals surface area contributed by atoms with Crippen molar-refractivity contribution in [1.82, 2.24) is 19.9 Å². The Kier molecular flexibility index (Phi) is 7.29. The van der Waals surface area contributed by atoms with Gasteiger partial charge in [-0.25, -0.2) is 19.8 Å². The number of para-hydroxylation sites is 1. The van der Waals surface area contributed by atoms with Crippen molar-refractivity contribution in [2.45, 2.75) is 19.4 Å². The van der Waals surface area contributed by atoms with Crippen LogP contribution in [0.4, 0.5) is 16.2 Å². The lowest BCUT2D eigenvalue weighted by atomic mass is 10.3. The number of carbonyl (C=O) groups is 1. The normalized spacial score (nSPS) is 15.1. The first kappa shape index (κ1) is 21.9. The number of thiazole rings is 1. The summed E-state index contributed by atoms with van der Waals surface area (Å²) in [4.78, 5) is 18.1. The molecule has 0 atom stereocenters. The Bertz CT molecular complexity index is 1100. The first-order chi connectivity index (χ1) is 15.1. The number of anilines is 1. The van der Waals surface area contributed by atoms with Crippen molar-refractivity contribution in [3.8, 4) is 0 Å². The summed E-state index contributed by atoms with van der Waals surface area (Å²) in [7, 11) is 2.00. The highest BCUT2D eigenvalue weighted by Gasteiger charge is 2.16. The highest BCUT2D eigenvalue weighted by atomic mass is 32.1. The van der Waals surface area contributed by atoms with Crippen LogP contribution in [-0.2, 0) is 6.54 Å². The van der Waals surface area contributed by atoms with E-state index in [-0.39, 0.29) is 6.03 Å². The van der Waals surface area contributed by atoms with Crippen LogP contribution in [0.25, 0.3) is 10.2 Å². The predicted molar refractivity (Wildman–Crippen MR) is 131 cm³/mol. The number of benzene rings is 2. The van der Waals surface area contributed by atoms with Crippen LogP contribution in [0.15, 0.2) is 53.5 Å².